The highest BCUT2D eigenvalue weighted by Gasteiger charge is 2.17. The average Bonchev–Trinajstić information content (AvgIpc) is 2.85. The molecule has 2 aromatic rings. The van der Waals surface area contributed by atoms with E-state index in [0.29, 0.717) is 24.8 Å². The molecule has 3 rings (SSSR count). The Morgan fingerprint density at radius 3 is 2.76 bits per heavy atom. The van der Waals surface area contributed by atoms with Gasteiger partial charge in [-0.25, -0.2) is 0 Å². The van der Waals surface area contributed by atoms with Crippen molar-refractivity contribution >= 4 is 29.3 Å². The Bertz CT molecular complexity index is 753. The van der Waals surface area contributed by atoms with Crippen LogP contribution < -0.4 is 14.8 Å². The Labute approximate surface area is 156 Å². The number of hydrogen-bond donors (Lipinski definition) is 1. The summed E-state index contributed by atoms with van der Waals surface area (Å²) in [6.45, 7) is 3.62. The molecule has 0 saturated carbocycles. The summed E-state index contributed by atoms with van der Waals surface area (Å²) in [5.41, 5.74) is 0.908. The highest BCUT2D eigenvalue weighted by molar-refractivity contribution is 8.00. The lowest BCUT2D eigenvalue weighted by Gasteiger charge is -2.14. The summed E-state index contributed by atoms with van der Waals surface area (Å²) in [6.07, 6.45) is 0.873. The van der Waals surface area contributed by atoms with Crippen LogP contribution in [0.3, 0.4) is 0 Å². The lowest BCUT2D eigenvalue weighted by Crippen LogP contribution is -2.30. The molecule has 1 aliphatic heterocycles. The molecule has 4 nitrogen and oxygen atoms in total. The summed E-state index contributed by atoms with van der Waals surface area (Å²) >= 11 is 7.61. The maximum Gasteiger partial charge on any atom is 0.233 e. The predicted molar refractivity (Wildman–Crippen MR) is 101 cm³/mol. The van der Waals surface area contributed by atoms with Crippen molar-refractivity contribution in [3.8, 4) is 11.5 Å². The van der Waals surface area contributed by atoms with Gasteiger partial charge in [0.05, 0.1) is 18.5 Å². The van der Waals surface area contributed by atoms with Crippen LogP contribution in [0.15, 0.2) is 47.4 Å². The molecule has 0 radical (unpaired) electrons. The van der Waals surface area contributed by atoms with Gasteiger partial charge in [-0.2, -0.15) is 0 Å². The minimum Gasteiger partial charge on any atom is -0.490 e. The number of rotatable bonds is 5. The number of benzene rings is 2. The molecule has 1 heterocycles. The lowest BCUT2D eigenvalue weighted by atomic mass is 10.2. The molecule has 25 heavy (non-hydrogen) atoms. The quantitative estimate of drug-likeness (QED) is 0.789. The van der Waals surface area contributed by atoms with Gasteiger partial charge in [-0.3, -0.25) is 4.79 Å². The van der Waals surface area contributed by atoms with Crippen LogP contribution in [0.1, 0.15) is 18.9 Å². The molecule has 0 fully saturated rings. The summed E-state index contributed by atoms with van der Waals surface area (Å²) in [7, 11) is 0. The molecule has 0 spiro atoms. The summed E-state index contributed by atoms with van der Waals surface area (Å²) in [6, 6.07) is 13.3. The van der Waals surface area contributed by atoms with Crippen molar-refractivity contribution in [1.82, 2.24) is 5.32 Å². The number of fused-ring (bicyclic) bond motifs is 1. The molecule has 0 unspecified atom stereocenters. The largest absolute Gasteiger partial charge is 0.490 e. The minimum absolute atomic E-state index is 0.0305. The maximum absolute atomic E-state index is 12.3. The van der Waals surface area contributed by atoms with Crippen molar-refractivity contribution in [2.45, 2.75) is 30.0 Å². The topological polar surface area (TPSA) is 47.6 Å². The van der Waals surface area contributed by atoms with Gasteiger partial charge in [0.15, 0.2) is 11.5 Å². The Kier molecular flexibility index (Phi) is 6.10. The van der Waals surface area contributed by atoms with Gasteiger partial charge in [0.25, 0.3) is 0 Å². The smallest absolute Gasteiger partial charge is 0.233 e. The molecule has 1 aliphatic rings. The molecule has 132 valence electrons. The fraction of sp³-hybridized carbons (Fsp3) is 0.316. The van der Waals surface area contributed by atoms with E-state index in [1.807, 2.05) is 49.4 Å². The zero-order valence-electron chi connectivity index (χ0n) is 14.0. The monoisotopic (exact) mass is 377 g/mol. The molecule has 6 heteroatoms. The molecule has 0 aromatic heterocycles. The van der Waals surface area contributed by atoms with Gasteiger partial charge in [-0.1, -0.05) is 29.8 Å². The van der Waals surface area contributed by atoms with Crippen LogP contribution in [0.5, 0.6) is 11.5 Å². The van der Waals surface area contributed by atoms with Crippen molar-refractivity contribution in [3.05, 3.63) is 53.1 Å². The molecule has 0 aliphatic carbocycles. The van der Waals surface area contributed by atoms with Crippen molar-refractivity contribution in [2.24, 2.45) is 0 Å². The minimum atomic E-state index is -0.229. The molecule has 2 aromatic carbocycles. The third-order valence-electron chi connectivity index (χ3n) is 3.81. The van der Waals surface area contributed by atoms with Crippen LogP contribution in [-0.2, 0) is 11.3 Å². The number of halogens is 1. The van der Waals surface area contributed by atoms with E-state index < -0.39 is 0 Å². The molecule has 1 amide bonds. The first-order valence-electron chi connectivity index (χ1n) is 8.21. The van der Waals surface area contributed by atoms with Crippen LogP contribution in [-0.4, -0.2) is 24.4 Å². The summed E-state index contributed by atoms with van der Waals surface area (Å²) < 4.78 is 11.3. The van der Waals surface area contributed by atoms with Gasteiger partial charge >= 0.3 is 0 Å². The molecule has 0 saturated heterocycles. The van der Waals surface area contributed by atoms with Crippen LogP contribution >= 0.6 is 23.4 Å². The van der Waals surface area contributed by atoms with Crippen molar-refractivity contribution in [3.63, 3.8) is 0 Å². The van der Waals surface area contributed by atoms with Crippen LogP contribution in [0.25, 0.3) is 0 Å². The Balaban J connectivity index is 1.58. The second-order valence-corrected chi connectivity index (χ2v) is 7.55. The molecular formula is C19H20ClNO3S. The van der Waals surface area contributed by atoms with Crippen molar-refractivity contribution in [1.29, 1.82) is 0 Å². The fourth-order valence-corrected chi connectivity index (χ4v) is 3.57. The summed E-state index contributed by atoms with van der Waals surface area (Å²) in [5, 5.41) is 3.36. The Morgan fingerprint density at radius 2 is 1.96 bits per heavy atom. The highest BCUT2D eigenvalue weighted by Crippen LogP contribution is 2.35. The first kappa shape index (κ1) is 18.0. The van der Waals surface area contributed by atoms with Gasteiger partial charge in [0.1, 0.15) is 0 Å². The average molecular weight is 378 g/mol. The van der Waals surface area contributed by atoms with Crippen molar-refractivity contribution < 1.29 is 14.3 Å². The standard InChI is InChI=1S/C19H20ClNO3S/c1-13(19(22)21-12-14-5-2-3-6-16(14)20)25-15-7-8-17-18(11-15)24-10-4-9-23-17/h2-3,5-8,11,13H,4,9-10,12H2,1H3,(H,21,22)/t13-/m1/s1. The predicted octanol–water partition coefficient (Wildman–Crippen LogP) is 4.30. The zero-order valence-corrected chi connectivity index (χ0v) is 15.5. The van der Waals surface area contributed by atoms with Gasteiger partial charge in [-0.05, 0) is 36.8 Å². The number of thioether (sulfide) groups is 1. The Morgan fingerprint density at radius 1 is 1.20 bits per heavy atom. The number of carbonyl (C=O) groups is 1. The number of nitrogens with one attached hydrogen (secondary N) is 1. The molecule has 0 bridgehead atoms. The zero-order chi connectivity index (χ0) is 17.6. The number of hydrogen-bond acceptors (Lipinski definition) is 4. The molecular weight excluding hydrogens is 358 g/mol. The van der Waals surface area contributed by atoms with E-state index in [-0.39, 0.29) is 11.2 Å². The van der Waals surface area contributed by atoms with Crippen molar-refractivity contribution in [2.75, 3.05) is 13.2 Å². The second-order valence-electron chi connectivity index (χ2n) is 5.73. The third kappa shape index (κ3) is 4.83. The number of amides is 1. The van der Waals surface area contributed by atoms with E-state index >= 15 is 0 Å². The van der Waals surface area contributed by atoms with Crippen LogP contribution in [0, 0.1) is 0 Å². The van der Waals surface area contributed by atoms with Gasteiger partial charge in [0, 0.05) is 22.9 Å². The fourth-order valence-electron chi connectivity index (χ4n) is 2.44. The van der Waals surface area contributed by atoms with E-state index in [4.69, 9.17) is 21.1 Å². The molecule has 1 atom stereocenters. The van der Waals surface area contributed by atoms with E-state index in [1.165, 1.54) is 11.8 Å². The Hall–Kier alpha value is -1.85. The van der Waals surface area contributed by atoms with Gasteiger partial charge in [0.2, 0.25) is 5.91 Å². The van der Waals surface area contributed by atoms with E-state index in [2.05, 4.69) is 5.32 Å². The third-order valence-corrected chi connectivity index (χ3v) is 5.27. The van der Waals surface area contributed by atoms with Gasteiger partial charge in [-0.15, -0.1) is 11.8 Å². The highest BCUT2D eigenvalue weighted by atomic mass is 35.5. The van der Waals surface area contributed by atoms with Crippen LogP contribution in [0.4, 0.5) is 0 Å². The van der Waals surface area contributed by atoms with Crippen LogP contribution in [0.2, 0.25) is 5.02 Å². The first-order valence-corrected chi connectivity index (χ1v) is 9.46. The molecule has 1 N–H and O–H groups in total. The normalized spacial score (nSPS) is 14.5. The number of ether oxygens (including phenoxy) is 2. The second kappa shape index (κ2) is 8.50. The van der Waals surface area contributed by atoms with E-state index in [9.17, 15) is 4.79 Å². The SMILES string of the molecule is C[C@@H](Sc1ccc2c(c1)OCCCO2)C(=O)NCc1ccccc1Cl. The maximum atomic E-state index is 12.3. The first-order chi connectivity index (χ1) is 12.1. The summed E-state index contributed by atoms with van der Waals surface area (Å²) in [5.74, 6) is 1.47. The van der Waals surface area contributed by atoms with E-state index in [1.54, 1.807) is 0 Å². The van der Waals surface area contributed by atoms with Gasteiger partial charge < -0.3 is 14.8 Å². The summed E-state index contributed by atoms with van der Waals surface area (Å²) in [4.78, 5) is 13.3. The van der Waals surface area contributed by atoms with E-state index in [0.717, 1.165) is 28.4 Å². The number of carbonyl (C=O) groups excluding carboxylic acids is 1. The lowest BCUT2D eigenvalue weighted by molar-refractivity contribution is -0.120.